The van der Waals surface area contributed by atoms with E-state index in [-0.39, 0.29) is 17.6 Å². The van der Waals surface area contributed by atoms with Crippen LogP contribution in [0.1, 0.15) is 18.1 Å². The van der Waals surface area contributed by atoms with Crippen LogP contribution in [0.4, 0.5) is 32.2 Å². The maximum atomic E-state index is 13.1. The van der Waals surface area contributed by atoms with Crippen molar-refractivity contribution in [2.24, 2.45) is 0 Å². The lowest BCUT2D eigenvalue weighted by Crippen LogP contribution is -2.11. The van der Waals surface area contributed by atoms with Gasteiger partial charge in [0.2, 0.25) is 0 Å². The van der Waals surface area contributed by atoms with Crippen molar-refractivity contribution in [1.29, 1.82) is 0 Å². The maximum absolute atomic E-state index is 13.1. The standard InChI is InChI=1S/C18H14F6N4S/c1-2-29-14-6-4-3-5-13(14)28-16(25)15(26-27-28)10-7-11(17(19,20)21)9-12(8-10)18(22,23)24/h3-9H,2,25H2,1H3. The Hall–Kier alpha value is -2.69. The minimum absolute atomic E-state index is 0.0529. The number of nitrogens with two attached hydrogens (primary N) is 1. The number of nitrogen functional groups attached to an aromatic ring is 1. The van der Waals surface area contributed by atoms with E-state index >= 15 is 0 Å². The molecule has 3 rings (SSSR count). The van der Waals surface area contributed by atoms with Gasteiger partial charge in [-0.3, -0.25) is 0 Å². The summed E-state index contributed by atoms with van der Waals surface area (Å²) in [6.07, 6.45) is -9.93. The average molecular weight is 432 g/mol. The summed E-state index contributed by atoms with van der Waals surface area (Å²) < 4.78 is 79.9. The van der Waals surface area contributed by atoms with Crippen LogP contribution >= 0.6 is 11.8 Å². The predicted octanol–water partition coefficient (Wildman–Crippen LogP) is 5.67. The number of halogens is 6. The van der Waals surface area contributed by atoms with Crippen molar-refractivity contribution in [1.82, 2.24) is 15.0 Å². The van der Waals surface area contributed by atoms with Crippen LogP contribution in [0.15, 0.2) is 47.4 Å². The number of hydrogen-bond donors (Lipinski definition) is 1. The molecule has 0 aliphatic carbocycles. The highest BCUT2D eigenvalue weighted by atomic mass is 32.2. The largest absolute Gasteiger partial charge is 0.416 e. The third-order valence-electron chi connectivity index (χ3n) is 3.96. The smallest absolute Gasteiger partial charge is 0.382 e. The summed E-state index contributed by atoms with van der Waals surface area (Å²) in [4.78, 5) is 0.790. The number of hydrogen-bond acceptors (Lipinski definition) is 4. The van der Waals surface area contributed by atoms with Crippen LogP contribution in [0.5, 0.6) is 0 Å². The lowest BCUT2D eigenvalue weighted by atomic mass is 10.0. The zero-order chi connectivity index (χ0) is 21.4. The monoisotopic (exact) mass is 432 g/mol. The molecule has 0 unspecified atom stereocenters. The van der Waals surface area contributed by atoms with Gasteiger partial charge in [0.15, 0.2) is 5.82 Å². The highest BCUT2D eigenvalue weighted by Crippen LogP contribution is 2.39. The number of aromatic nitrogens is 3. The SMILES string of the molecule is CCSc1ccccc1-n1nnc(-c2cc(C(F)(F)F)cc(C(F)(F)F)c2)c1N. The van der Waals surface area contributed by atoms with Crippen molar-refractivity contribution in [3.05, 3.63) is 53.6 Å². The molecule has 29 heavy (non-hydrogen) atoms. The topological polar surface area (TPSA) is 56.7 Å². The number of anilines is 1. The van der Waals surface area contributed by atoms with E-state index in [0.717, 1.165) is 10.6 Å². The number of nitrogens with zero attached hydrogens (tertiary/aromatic N) is 3. The van der Waals surface area contributed by atoms with Gasteiger partial charge in [0.1, 0.15) is 5.69 Å². The second-order valence-corrected chi connectivity index (χ2v) is 7.24. The fraction of sp³-hybridized carbons (Fsp3) is 0.222. The molecule has 0 radical (unpaired) electrons. The normalized spacial score (nSPS) is 12.4. The van der Waals surface area contributed by atoms with Gasteiger partial charge in [0, 0.05) is 10.5 Å². The van der Waals surface area contributed by atoms with Crippen LogP contribution in [-0.2, 0) is 12.4 Å². The number of alkyl halides is 6. The molecule has 4 nitrogen and oxygen atoms in total. The van der Waals surface area contributed by atoms with Crippen LogP contribution in [0.3, 0.4) is 0 Å². The summed E-state index contributed by atoms with van der Waals surface area (Å²) >= 11 is 1.48. The highest BCUT2D eigenvalue weighted by molar-refractivity contribution is 7.99. The summed E-state index contributed by atoms with van der Waals surface area (Å²) in [5.41, 5.74) is 2.97. The first kappa shape index (κ1) is 21.0. The highest BCUT2D eigenvalue weighted by Gasteiger charge is 2.37. The second-order valence-electron chi connectivity index (χ2n) is 5.93. The van der Waals surface area contributed by atoms with Gasteiger partial charge in [-0.25, -0.2) is 0 Å². The average Bonchev–Trinajstić information content (AvgIpc) is 3.02. The third-order valence-corrected chi connectivity index (χ3v) is 4.90. The molecule has 0 spiro atoms. The molecule has 0 saturated heterocycles. The van der Waals surface area contributed by atoms with Crippen molar-refractivity contribution in [3.63, 3.8) is 0 Å². The third kappa shape index (κ3) is 4.34. The Labute approximate surface area is 165 Å². The van der Waals surface area contributed by atoms with Gasteiger partial charge in [-0.05, 0) is 36.1 Å². The molecule has 3 aromatic rings. The van der Waals surface area contributed by atoms with E-state index in [0.29, 0.717) is 17.8 Å². The van der Waals surface area contributed by atoms with E-state index in [9.17, 15) is 26.3 Å². The fourth-order valence-corrected chi connectivity index (χ4v) is 3.46. The number of thioether (sulfide) groups is 1. The molecular formula is C18H14F6N4S. The molecule has 2 N–H and O–H groups in total. The number of para-hydroxylation sites is 1. The molecule has 0 bridgehead atoms. The summed E-state index contributed by atoms with van der Waals surface area (Å²) in [5.74, 6) is 0.572. The summed E-state index contributed by atoms with van der Waals surface area (Å²) in [5, 5.41) is 7.61. The Kier molecular flexibility index (Phi) is 5.52. The van der Waals surface area contributed by atoms with Crippen molar-refractivity contribution < 1.29 is 26.3 Å². The van der Waals surface area contributed by atoms with E-state index in [4.69, 9.17) is 5.73 Å². The second kappa shape index (κ2) is 7.62. The van der Waals surface area contributed by atoms with Crippen LogP contribution in [0.25, 0.3) is 16.9 Å². The Morgan fingerprint density at radius 2 is 1.55 bits per heavy atom. The number of rotatable bonds is 4. The van der Waals surface area contributed by atoms with Crippen LogP contribution in [-0.4, -0.2) is 20.7 Å². The first-order chi connectivity index (χ1) is 13.5. The molecule has 154 valence electrons. The molecule has 0 aliphatic heterocycles. The first-order valence-electron chi connectivity index (χ1n) is 8.25. The summed E-state index contributed by atoms with van der Waals surface area (Å²) in [6.45, 7) is 1.93. The number of benzene rings is 2. The van der Waals surface area contributed by atoms with Gasteiger partial charge < -0.3 is 5.73 Å². The van der Waals surface area contributed by atoms with Gasteiger partial charge >= 0.3 is 12.4 Å². The minimum atomic E-state index is -4.97. The van der Waals surface area contributed by atoms with Crippen LogP contribution in [0.2, 0.25) is 0 Å². The van der Waals surface area contributed by atoms with E-state index < -0.39 is 29.0 Å². The molecule has 0 amide bonds. The van der Waals surface area contributed by atoms with Crippen molar-refractivity contribution in [3.8, 4) is 16.9 Å². The van der Waals surface area contributed by atoms with Crippen molar-refractivity contribution >= 4 is 17.6 Å². The quantitative estimate of drug-likeness (QED) is 0.427. The minimum Gasteiger partial charge on any atom is -0.382 e. The van der Waals surface area contributed by atoms with Crippen LogP contribution in [0, 0.1) is 0 Å². The van der Waals surface area contributed by atoms with Gasteiger partial charge in [-0.1, -0.05) is 24.3 Å². The zero-order valence-corrected chi connectivity index (χ0v) is 15.7. The summed E-state index contributed by atoms with van der Waals surface area (Å²) in [6, 6.07) is 8.19. The lowest BCUT2D eigenvalue weighted by molar-refractivity contribution is -0.143. The van der Waals surface area contributed by atoms with Gasteiger partial charge in [0.05, 0.1) is 16.8 Å². The van der Waals surface area contributed by atoms with E-state index in [1.165, 1.54) is 16.4 Å². The zero-order valence-electron chi connectivity index (χ0n) is 14.8. The molecular weight excluding hydrogens is 418 g/mol. The molecule has 0 fully saturated rings. The van der Waals surface area contributed by atoms with Crippen molar-refractivity contribution in [2.75, 3.05) is 11.5 Å². The van der Waals surface area contributed by atoms with Gasteiger partial charge in [-0.15, -0.1) is 16.9 Å². The molecule has 2 aromatic carbocycles. The predicted molar refractivity (Wildman–Crippen MR) is 97.6 cm³/mol. The Bertz CT molecular complexity index is 994. The molecule has 1 aromatic heterocycles. The molecule has 0 atom stereocenters. The maximum Gasteiger partial charge on any atom is 0.416 e. The first-order valence-corrected chi connectivity index (χ1v) is 9.24. The lowest BCUT2D eigenvalue weighted by Gasteiger charge is -2.14. The van der Waals surface area contributed by atoms with E-state index in [2.05, 4.69) is 10.3 Å². The van der Waals surface area contributed by atoms with Gasteiger partial charge in [-0.2, -0.15) is 31.0 Å². The fourth-order valence-electron chi connectivity index (χ4n) is 2.67. The molecule has 0 aliphatic rings. The van der Waals surface area contributed by atoms with Crippen LogP contribution < -0.4 is 5.73 Å². The Balaban J connectivity index is 2.16. The molecule has 11 heteroatoms. The van der Waals surface area contributed by atoms with E-state index in [1.807, 2.05) is 6.92 Å². The Morgan fingerprint density at radius 1 is 0.966 bits per heavy atom. The molecule has 0 saturated carbocycles. The molecule has 1 heterocycles. The summed E-state index contributed by atoms with van der Waals surface area (Å²) in [7, 11) is 0. The Morgan fingerprint density at radius 3 is 2.10 bits per heavy atom. The van der Waals surface area contributed by atoms with Gasteiger partial charge in [0.25, 0.3) is 0 Å². The van der Waals surface area contributed by atoms with Crippen molar-refractivity contribution in [2.45, 2.75) is 24.2 Å². The van der Waals surface area contributed by atoms with E-state index in [1.54, 1.807) is 24.3 Å².